The van der Waals surface area contributed by atoms with E-state index in [1.165, 1.54) is 0 Å². The van der Waals surface area contributed by atoms with Crippen LogP contribution in [0.15, 0.2) is 11.4 Å². The maximum atomic E-state index is 13.7. The summed E-state index contributed by atoms with van der Waals surface area (Å²) < 4.78 is 24.7. The van der Waals surface area contributed by atoms with Gasteiger partial charge in [-0.3, -0.25) is 9.36 Å². The largest absolute Gasteiger partial charge is 0.477 e. The first-order valence-corrected chi connectivity index (χ1v) is 14.5. The van der Waals surface area contributed by atoms with Crippen molar-refractivity contribution in [2.45, 2.75) is 76.6 Å². The van der Waals surface area contributed by atoms with Gasteiger partial charge >= 0.3 is 5.97 Å². The smallest absolute Gasteiger partial charge is 0.348 e. The molecule has 0 bridgehead atoms. The first-order chi connectivity index (χ1) is 15.2. The molecule has 2 aliphatic carbocycles. The summed E-state index contributed by atoms with van der Waals surface area (Å²) in [7, 11) is -1.44. The Labute approximate surface area is 194 Å². The number of carbonyl (C=O) groups excluding carboxylic acids is 1. The van der Waals surface area contributed by atoms with Crippen molar-refractivity contribution in [2.75, 3.05) is 25.3 Å². The molecule has 2 saturated carbocycles. The summed E-state index contributed by atoms with van der Waals surface area (Å²) >= 11 is 1.15. The first kappa shape index (κ1) is 25.4. The Morgan fingerprint density at radius 1 is 1.22 bits per heavy atom. The maximum absolute atomic E-state index is 13.7. The number of amides is 1. The number of carboxylic acid groups (broad SMARTS) is 1. The zero-order chi connectivity index (χ0) is 23.5. The first-order valence-electron chi connectivity index (χ1n) is 11.6. The molecule has 32 heavy (non-hydrogen) atoms. The van der Waals surface area contributed by atoms with Crippen molar-refractivity contribution in [2.24, 2.45) is 11.8 Å². The van der Waals surface area contributed by atoms with Crippen LogP contribution < -0.4 is 4.90 Å². The zero-order valence-corrected chi connectivity index (χ0v) is 21.3. The third kappa shape index (κ3) is 4.98. The highest BCUT2D eigenvalue weighted by molar-refractivity contribution is 7.59. The van der Waals surface area contributed by atoms with Gasteiger partial charge in [-0.05, 0) is 75.7 Å². The van der Waals surface area contributed by atoms with Gasteiger partial charge in [0.2, 0.25) is 13.3 Å². The number of thiophene rings is 1. The summed E-state index contributed by atoms with van der Waals surface area (Å²) in [6.45, 7) is 6.02. The fourth-order valence-corrected chi connectivity index (χ4v) is 8.15. The number of aromatic carboxylic acids is 1. The molecule has 0 saturated heterocycles. The quantitative estimate of drug-likeness (QED) is 0.465. The van der Waals surface area contributed by atoms with Crippen LogP contribution in [0.4, 0.5) is 5.69 Å². The number of hydrogen-bond donors (Lipinski definition) is 1. The Morgan fingerprint density at radius 3 is 2.38 bits per heavy atom. The standard InChI is InChI=1S/C23H36NO6PS/c1-5-30-31(4,28)23(29-3)13-10-18(11-14-23)24(19-12-15-32-20(19)22(26)27)21(25)17-8-6-16(2)7-9-17/h12,15-18H,5-11,13-14H2,1-4H3,(H,26,27). The molecule has 9 heteroatoms. The van der Waals surface area contributed by atoms with Crippen molar-refractivity contribution in [1.29, 1.82) is 0 Å². The van der Waals surface area contributed by atoms with Gasteiger partial charge in [-0.1, -0.05) is 6.92 Å². The van der Waals surface area contributed by atoms with Gasteiger partial charge in [-0.2, -0.15) is 0 Å². The predicted molar refractivity (Wildman–Crippen MR) is 127 cm³/mol. The lowest BCUT2D eigenvalue weighted by Gasteiger charge is -2.45. The van der Waals surface area contributed by atoms with Crippen LogP contribution >= 0.6 is 18.7 Å². The molecule has 0 aliphatic heterocycles. The monoisotopic (exact) mass is 485 g/mol. The Bertz CT molecular complexity index is 854. The van der Waals surface area contributed by atoms with E-state index in [9.17, 15) is 19.3 Å². The summed E-state index contributed by atoms with van der Waals surface area (Å²) in [6, 6.07) is 1.60. The normalized spacial score (nSPS) is 30.4. The third-order valence-electron chi connectivity index (χ3n) is 7.30. The maximum Gasteiger partial charge on any atom is 0.348 e. The zero-order valence-electron chi connectivity index (χ0n) is 19.5. The van der Waals surface area contributed by atoms with Crippen LogP contribution in [-0.2, 0) is 18.6 Å². The highest BCUT2D eigenvalue weighted by atomic mass is 32.1. The topological polar surface area (TPSA) is 93.1 Å². The van der Waals surface area contributed by atoms with E-state index in [4.69, 9.17) is 9.26 Å². The van der Waals surface area contributed by atoms with Crippen LogP contribution in [0.1, 0.15) is 74.9 Å². The average Bonchev–Trinajstić information content (AvgIpc) is 3.24. The highest BCUT2D eigenvalue weighted by Crippen LogP contribution is 2.62. The molecule has 1 aromatic heterocycles. The van der Waals surface area contributed by atoms with Crippen molar-refractivity contribution in [3.05, 3.63) is 16.3 Å². The summed E-state index contributed by atoms with van der Waals surface area (Å²) in [5, 5.41) is 10.6. The third-order valence-corrected chi connectivity index (χ3v) is 11.1. The molecular weight excluding hydrogens is 449 g/mol. The molecule has 1 unspecified atom stereocenters. The van der Waals surface area contributed by atoms with Crippen molar-refractivity contribution < 1.29 is 28.5 Å². The number of carboxylic acids is 1. The number of carbonyl (C=O) groups is 2. The molecule has 1 atom stereocenters. The van der Waals surface area contributed by atoms with E-state index < -0.39 is 18.7 Å². The molecule has 1 heterocycles. The Balaban J connectivity index is 1.88. The lowest BCUT2D eigenvalue weighted by atomic mass is 9.81. The molecule has 1 N–H and O–H groups in total. The number of anilines is 1. The van der Waals surface area contributed by atoms with E-state index >= 15 is 0 Å². The molecule has 1 amide bonds. The average molecular weight is 486 g/mol. The van der Waals surface area contributed by atoms with E-state index in [1.54, 1.807) is 30.1 Å². The summed E-state index contributed by atoms with van der Waals surface area (Å²) in [5.41, 5.74) is 0.491. The number of rotatable bonds is 8. The van der Waals surface area contributed by atoms with Crippen LogP contribution in [0.2, 0.25) is 0 Å². The molecule has 2 fully saturated rings. The van der Waals surface area contributed by atoms with Gasteiger partial charge in [0.25, 0.3) is 0 Å². The number of ether oxygens (including phenoxy) is 1. The Hall–Kier alpha value is -1.21. The van der Waals surface area contributed by atoms with Crippen LogP contribution in [0.5, 0.6) is 0 Å². The fourth-order valence-electron chi connectivity index (χ4n) is 5.30. The molecule has 0 aromatic carbocycles. The van der Waals surface area contributed by atoms with E-state index in [2.05, 4.69) is 6.92 Å². The lowest BCUT2D eigenvalue weighted by molar-refractivity contribution is -0.124. The van der Waals surface area contributed by atoms with Crippen LogP contribution in [0.3, 0.4) is 0 Å². The second-order valence-corrected chi connectivity index (χ2v) is 12.9. The summed E-state index contributed by atoms with van der Waals surface area (Å²) in [4.78, 5) is 27.5. The van der Waals surface area contributed by atoms with Gasteiger partial charge < -0.3 is 19.3 Å². The second kappa shape index (κ2) is 10.4. The van der Waals surface area contributed by atoms with Crippen molar-refractivity contribution >= 4 is 36.3 Å². The van der Waals surface area contributed by atoms with Crippen molar-refractivity contribution in [1.82, 2.24) is 0 Å². The summed E-state index contributed by atoms with van der Waals surface area (Å²) in [6.07, 6.45) is 5.89. The van der Waals surface area contributed by atoms with Gasteiger partial charge in [0.15, 0.2) is 0 Å². The predicted octanol–water partition coefficient (Wildman–Crippen LogP) is 5.84. The Kier molecular flexibility index (Phi) is 8.24. The minimum Gasteiger partial charge on any atom is -0.477 e. The van der Waals surface area contributed by atoms with E-state index in [0.717, 1.165) is 37.0 Å². The lowest BCUT2D eigenvalue weighted by Crippen LogP contribution is -2.49. The molecule has 180 valence electrons. The molecule has 2 aliphatic rings. The second-order valence-electron chi connectivity index (χ2n) is 9.25. The van der Waals surface area contributed by atoms with Gasteiger partial charge in [0, 0.05) is 25.7 Å². The van der Waals surface area contributed by atoms with Crippen molar-refractivity contribution in [3.63, 3.8) is 0 Å². The minimum atomic E-state index is -3.02. The van der Waals surface area contributed by atoms with Gasteiger partial charge in [0.1, 0.15) is 10.2 Å². The minimum absolute atomic E-state index is 0.0252. The molecule has 3 rings (SSSR count). The Morgan fingerprint density at radius 2 is 1.84 bits per heavy atom. The van der Waals surface area contributed by atoms with E-state index in [0.29, 0.717) is 43.9 Å². The molecule has 0 radical (unpaired) electrons. The number of nitrogens with zero attached hydrogens (tertiary/aromatic N) is 1. The molecule has 0 spiro atoms. The molecule has 7 nitrogen and oxygen atoms in total. The van der Waals surface area contributed by atoms with Crippen LogP contribution in [0, 0.1) is 11.8 Å². The highest BCUT2D eigenvalue weighted by Gasteiger charge is 2.50. The van der Waals surface area contributed by atoms with E-state index in [1.807, 2.05) is 6.92 Å². The number of hydrogen-bond acceptors (Lipinski definition) is 6. The number of methoxy groups -OCH3 is 1. The van der Waals surface area contributed by atoms with Gasteiger partial charge in [-0.25, -0.2) is 4.79 Å². The van der Waals surface area contributed by atoms with E-state index in [-0.39, 0.29) is 22.7 Å². The summed E-state index contributed by atoms with van der Waals surface area (Å²) in [5.74, 6) is -0.446. The molecular formula is C23H36NO6PS. The SMILES string of the molecule is CCOP(C)(=O)C1(OC)CCC(N(C(=O)C2CCC(C)CC2)c2ccsc2C(=O)O)CC1. The van der Waals surface area contributed by atoms with Gasteiger partial charge in [-0.15, -0.1) is 11.3 Å². The molecule has 1 aromatic rings. The van der Waals surface area contributed by atoms with Gasteiger partial charge in [0.05, 0.1) is 12.3 Å². The van der Waals surface area contributed by atoms with Crippen LogP contribution in [0.25, 0.3) is 0 Å². The fraction of sp³-hybridized carbons (Fsp3) is 0.739. The van der Waals surface area contributed by atoms with Crippen molar-refractivity contribution in [3.8, 4) is 0 Å². The van der Waals surface area contributed by atoms with Crippen LogP contribution in [-0.4, -0.2) is 48.7 Å².